The average Bonchev–Trinajstić information content (AvgIpc) is 2.62. The molecule has 0 amide bonds. The third kappa shape index (κ3) is 3.48. The number of hydrogen-bond acceptors (Lipinski definition) is 5. The van der Waals surface area contributed by atoms with Gasteiger partial charge < -0.3 is 5.32 Å². The van der Waals surface area contributed by atoms with Crippen LogP contribution in [0.25, 0.3) is 0 Å². The lowest BCUT2D eigenvalue weighted by Crippen LogP contribution is -2.46. The maximum Gasteiger partial charge on any atom is 0.256 e. The molecule has 4 rings (SSSR count). The van der Waals surface area contributed by atoms with Gasteiger partial charge in [-0.25, -0.2) is 9.98 Å². The molecule has 2 heterocycles. The first-order valence-electron chi connectivity index (χ1n) is 9.57. The van der Waals surface area contributed by atoms with E-state index >= 15 is 0 Å². The molecule has 6 heteroatoms. The molecule has 6 nitrogen and oxygen atoms in total. The Balaban J connectivity index is 1.65. The fourth-order valence-corrected chi connectivity index (χ4v) is 4.20. The number of anilines is 1. The van der Waals surface area contributed by atoms with Crippen molar-refractivity contribution in [2.75, 3.05) is 5.32 Å². The number of allylic oxidation sites excluding steroid dienone is 2. The summed E-state index contributed by atoms with van der Waals surface area (Å²) in [5.41, 5.74) is 0.722. The summed E-state index contributed by atoms with van der Waals surface area (Å²) in [5.74, 6) is 1.75. The van der Waals surface area contributed by atoms with E-state index in [1.54, 1.807) is 10.6 Å². The molecule has 0 saturated heterocycles. The first kappa shape index (κ1) is 16.4. The first-order chi connectivity index (χ1) is 12.2. The van der Waals surface area contributed by atoms with Gasteiger partial charge in [0.15, 0.2) is 5.96 Å². The first-order valence-corrected chi connectivity index (χ1v) is 9.57. The zero-order valence-corrected chi connectivity index (χ0v) is 14.9. The Labute approximate surface area is 148 Å². The zero-order valence-electron chi connectivity index (χ0n) is 14.9. The molecule has 1 aromatic rings. The van der Waals surface area contributed by atoms with Crippen molar-refractivity contribution in [1.82, 2.24) is 14.9 Å². The van der Waals surface area contributed by atoms with E-state index < -0.39 is 0 Å². The molecule has 3 aliphatic rings. The van der Waals surface area contributed by atoms with Gasteiger partial charge in [0.1, 0.15) is 6.17 Å². The minimum absolute atomic E-state index is 0.0185. The SMILES string of the molecule is Cc1cc(=O)n2c(n1)NC(NC1CCCCC1)=N[C@H]2[C@@H]1CC=CCC1. The lowest BCUT2D eigenvalue weighted by molar-refractivity contribution is 0.305. The highest BCUT2D eigenvalue weighted by molar-refractivity contribution is 5.93. The molecule has 1 aromatic heterocycles. The normalized spacial score (nSPS) is 26.5. The second-order valence-corrected chi connectivity index (χ2v) is 7.47. The minimum atomic E-state index is -0.173. The van der Waals surface area contributed by atoms with Gasteiger partial charge in [-0.3, -0.25) is 14.7 Å². The molecular weight excluding hydrogens is 314 g/mol. The molecule has 0 unspecified atom stereocenters. The third-order valence-corrected chi connectivity index (χ3v) is 5.51. The predicted molar refractivity (Wildman–Crippen MR) is 99.8 cm³/mol. The molecule has 0 bridgehead atoms. The molecule has 0 aromatic carbocycles. The van der Waals surface area contributed by atoms with Gasteiger partial charge in [-0.1, -0.05) is 31.4 Å². The van der Waals surface area contributed by atoms with E-state index in [1.807, 2.05) is 6.92 Å². The Morgan fingerprint density at radius 3 is 2.80 bits per heavy atom. The Morgan fingerprint density at radius 2 is 2.04 bits per heavy atom. The van der Waals surface area contributed by atoms with Gasteiger partial charge in [-0.2, -0.15) is 0 Å². The average molecular weight is 341 g/mol. The molecule has 2 atom stereocenters. The van der Waals surface area contributed by atoms with Crippen molar-refractivity contribution in [2.45, 2.75) is 70.5 Å². The summed E-state index contributed by atoms with van der Waals surface area (Å²) in [5, 5.41) is 6.84. The van der Waals surface area contributed by atoms with Crippen LogP contribution in [0.3, 0.4) is 0 Å². The van der Waals surface area contributed by atoms with Crippen LogP contribution in [0.2, 0.25) is 0 Å². The summed E-state index contributed by atoms with van der Waals surface area (Å²) in [6.45, 7) is 1.86. The van der Waals surface area contributed by atoms with E-state index in [-0.39, 0.29) is 11.7 Å². The molecule has 25 heavy (non-hydrogen) atoms. The fraction of sp³-hybridized carbons (Fsp3) is 0.632. The molecule has 134 valence electrons. The molecule has 1 saturated carbocycles. The lowest BCUT2D eigenvalue weighted by atomic mass is 9.91. The molecule has 2 N–H and O–H groups in total. The van der Waals surface area contributed by atoms with E-state index in [0.29, 0.717) is 17.9 Å². The van der Waals surface area contributed by atoms with E-state index in [4.69, 9.17) is 4.99 Å². The van der Waals surface area contributed by atoms with Crippen molar-refractivity contribution >= 4 is 11.9 Å². The van der Waals surface area contributed by atoms with Gasteiger partial charge in [0.05, 0.1) is 0 Å². The molecule has 0 radical (unpaired) electrons. The number of hydrogen-bond donors (Lipinski definition) is 2. The number of aromatic nitrogens is 2. The molecule has 0 spiro atoms. The third-order valence-electron chi connectivity index (χ3n) is 5.51. The summed E-state index contributed by atoms with van der Waals surface area (Å²) < 4.78 is 1.74. The summed E-state index contributed by atoms with van der Waals surface area (Å²) in [6, 6.07) is 2.07. The Hall–Kier alpha value is -2.11. The van der Waals surface area contributed by atoms with E-state index in [2.05, 4.69) is 27.8 Å². The van der Waals surface area contributed by atoms with Crippen LogP contribution in [-0.2, 0) is 0 Å². The minimum Gasteiger partial charge on any atom is -0.353 e. The van der Waals surface area contributed by atoms with Crippen LogP contribution in [0.4, 0.5) is 5.95 Å². The van der Waals surface area contributed by atoms with Crippen molar-refractivity contribution in [2.24, 2.45) is 10.9 Å². The van der Waals surface area contributed by atoms with E-state index in [9.17, 15) is 4.79 Å². The highest BCUT2D eigenvalue weighted by atomic mass is 16.1. The van der Waals surface area contributed by atoms with Crippen LogP contribution in [0.15, 0.2) is 28.0 Å². The number of nitrogens with one attached hydrogen (secondary N) is 2. The number of rotatable bonds is 2. The smallest absolute Gasteiger partial charge is 0.256 e. The maximum atomic E-state index is 12.6. The molecule has 1 aliphatic heterocycles. The van der Waals surface area contributed by atoms with Gasteiger partial charge in [0, 0.05) is 23.7 Å². The molecular formula is C19H27N5O. The van der Waals surface area contributed by atoms with Crippen LogP contribution < -0.4 is 16.2 Å². The summed E-state index contributed by atoms with van der Waals surface area (Å²) in [4.78, 5) is 22.1. The highest BCUT2D eigenvalue weighted by Gasteiger charge is 2.31. The standard InChI is InChI=1S/C19H27N5O/c1-13-12-16(25)24-17(14-8-4-2-5-9-14)22-18(23-19(24)20-13)21-15-10-6-3-7-11-15/h2,4,12,14-15,17H,3,5-11H2,1H3,(H2,20,21,22,23)/t14-,17-/m1/s1. The van der Waals surface area contributed by atoms with Gasteiger partial charge >= 0.3 is 0 Å². The van der Waals surface area contributed by atoms with Gasteiger partial charge in [-0.15, -0.1) is 0 Å². The number of aryl methyl sites for hydroxylation is 1. The van der Waals surface area contributed by atoms with Crippen LogP contribution in [-0.4, -0.2) is 21.6 Å². The van der Waals surface area contributed by atoms with Crippen molar-refractivity contribution < 1.29 is 0 Å². The zero-order chi connectivity index (χ0) is 17.2. The topological polar surface area (TPSA) is 71.3 Å². The van der Waals surface area contributed by atoms with Gasteiger partial charge in [-0.05, 0) is 39.0 Å². The monoisotopic (exact) mass is 341 g/mol. The van der Waals surface area contributed by atoms with Crippen LogP contribution in [0.1, 0.15) is 63.2 Å². The molecule has 2 aliphatic carbocycles. The second kappa shape index (κ2) is 7.02. The van der Waals surface area contributed by atoms with Crippen molar-refractivity contribution in [3.63, 3.8) is 0 Å². The summed E-state index contributed by atoms with van der Waals surface area (Å²) in [6.07, 6.45) is 13.6. The van der Waals surface area contributed by atoms with Crippen molar-refractivity contribution in [1.29, 1.82) is 0 Å². The Kier molecular flexibility index (Phi) is 4.59. The maximum absolute atomic E-state index is 12.6. The van der Waals surface area contributed by atoms with Crippen molar-refractivity contribution in [3.05, 3.63) is 34.3 Å². The Bertz CT molecular complexity index is 745. The van der Waals surface area contributed by atoms with Gasteiger partial charge in [0.25, 0.3) is 5.56 Å². The van der Waals surface area contributed by atoms with Crippen molar-refractivity contribution in [3.8, 4) is 0 Å². The quantitative estimate of drug-likeness (QED) is 0.811. The van der Waals surface area contributed by atoms with Crippen LogP contribution in [0.5, 0.6) is 0 Å². The number of fused-ring (bicyclic) bond motifs is 1. The number of nitrogens with zero attached hydrogens (tertiary/aromatic N) is 3. The van der Waals surface area contributed by atoms with Crippen LogP contribution >= 0.6 is 0 Å². The Morgan fingerprint density at radius 1 is 1.20 bits per heavy atom. The fourth-order valence-electron chi connectivity index (χ4n) is 4.20. The van der Waals surface area contributed by atoms with E-state index in [1.165, 1.54) is 32.1 Å². The lowest BCUT2D eigenvalue weighted by Gasteiger charge is -2.34. The van der Waals surface area contributed by atoms with Crippen LogP contribution in [0, 0.1) is 12.8 Å². The summed E-state index contributed by atoms with van der Waals surface area (Å²) in [7, 11) is 0. The summed E-state index contributed by atoms with van der Waals surface area (Å²) >= 11 is 0. The largest absolute Gasteiger partial charge is 0.353 e. The number of guanidine groups is 1. The van der Waals surface area contributed by atoms with Gasteiger partial charge in [0.2, 0.25) is 5.95 Å². The predicted octanol–water partition coefficient (Wildman–Crippen LogP) is 3.11. The second-order valence-electron chi connectivity index (χ2n) is 7.47. The highest BCUT2D eigenvalue weighted by Crippen LogP contribution is 2.33. The number of aliphatic imine (C=N–C) groups is 1. The molecule has 1 fully saturated rings. The van der Waals surface area contributed by atoms with E-state index in [0.717, 1.165) is 30.9 Å².